The minimum Gasteiger partial charge on any atom is -0.356 e. The standard InChI is InChI=1S/C16H25N7O/c1-5-18-14(24)16(2,3)11-20-15(17-4)19-10-13-22-21-12-8-6-7-9-23(12)13/h6-9H,5,10-11H2,1-4H3,(H,18,24)(H2,17,19,20). The summed E-state index contributed by atoms with van der Waals surface area (Å²) in [7, 11) is 1.69. The van der Waals surface area contributed by atoms with Gasteiger partial charge in [0.1, 0.15) is 0 Å². The van der Waals surface area contributed by atoms with Gasteiger partial charge in [-0.3, -0.25) is 14.2 Å². The van der Waals surface area contributed by atoms with Crippen LogP contribution >= 0.6 is 0 Å². The van der Waals surface area contributed by atoms with Crippen molar-refractivity contribution in [1.29, 1.82) is 0 Å². The van der Waals surface area contributed by atoms with Crippen molar-refractivity contribution in [2.45, 2.75) is 27.3 Å². The molecular formula is C16H25N7O. The van der Waals surface area contributed by atoms with Crippen LogP contribution in [0.25, 0.3) is 5.65 Å². The molecule has 8 heteroatoms. The number of aliphatic imine (C=N–C) groups is 1. The number of rotatable bonds is 6. The Labute approximate surface area is 141 Å². The normalized spacial score (nSPS) is 12.2. The second-order valence-corrected chi connectivity index (χ2v) is 6.07. The number of carbonyl (C=O) groups excluding carboxylic acids is 1. The van der Waals surface area contributed by atoms with Gasteiger partial charge in [-0.15, -0.1) is 10.2 Å². The lowest BCUT2D eigenvalue weighted by molar-refractivity contribution is -0.128. The van der Waals surface area contributed by atoms with Gasteiger partial charge >= 0.3 is 0 Å². The first-order chi connectivity index (χ1) is 11.5. The molecule has 3 N–H and O–H groups in total. The molecular weight excluding hydrogens is 306 g/mol. The average Bonchev–Trinajstić information content (AvgIpc) is 2.98. The van der Waals surface area contributed by atoms with Crippen LogP contribution in [0, 0.1) is 5.41 Å². The van der Waals surface area contributed by atoms with Crippen LogP contribution in [-0.2, 0) is 11.3 Å². The molecule has 0 radical (unpaired) electrons. The number of fused-ring (bicyclic) bond motifs is 1. The Bertz CT molecular complexity index is 720. The maximum Gasteiger partial charge on any atom is 0.227 e. The smallest absolute Gasteiger partial charge is 0.227 e. The summed E-state index contributed by atoms with van der Waals surface area (Å²) in [5.74, 6) is 1.41. The molecule has 2 aromatic heterocycles. The third-order valence-electron chi connectivity index (χ3n) is 3.67. The lowest BCUT2D eigenvalue weighted by atomic mass is 9.92. The molecule has 0 unspecified atom stereocenters. The molecule has 0 saturated carbocycles. The van der Waals surface area contributed by atoms with Gasteiger partial charge in [0.2, 0.25) is 5.91 Å². The summed E-state index contributed by atoms with van der Waals surface area (Å²) in [6.45, 7) is 7.26. The predicted molar refractivity (Wildman–Crippen MR) is 93.7 cm³/mol. The van der Waals surface area contributed by atoms with Gasteiger partial charge in [-0.25, -0.2) is 0 Å². The fraction of sp³-hybridized carbons (Fsp3) is 0.500. The molecule has 2 aromatic rings. The van der Waals surface area contributed by atoms with Crippen molar-refractivity contribution in [3.8, 4) is 0 Å². The zero-order chi connectivity index (χ0) is 17.6. The summed E-state index contributed by atoms with van der Waals surface area (Å²) < 4.78 is 1.92. The molecule has 2 heterocycles. The fourth-order valence-electron chi connectivity index (χ4n) is 2.18. The molecule has 2 rings (SSSR count). The van der Waals surface area contributed by atoms with Gasteiger partial charge in [0.25, 0.3) is 0 Å². The minimum absolute atomic E-state index is 0.0106. The van der Waals surface area contributed by atoms with Crippen molar-refractivity contribution in [3.05, 3.63) is 30.2 Å². The number of pyridine rings is 1. The monoisotopic (exact) mass is 331 g/mol. The topological polar surface area (TPSA) is 95.7 Å². The van der Waals surface area contributed by atoms with E-state index in [1.165, 1.54) is 0 Å². The molecule has 0 aliphatic heterocycles. The number of nitrogens with one attached hydrogen (secondary N) is 3. The van der Waals surface area contributed by atoms with Crippen LogP contribution in [0.15, 0.2) is 29.4 Å². The highest BCUT2D eigenvalue weighted by Gasteiger charge is 2.27. The van der Waals surface area contributed by atoms with E-state index >= 15 is 0 Å². The van der Waals surface area contributed by atoms with Gasteiger partial charge < -0.3 is 16.0 Å². The summed E-state index contributed by atoms with van der Waals surface area (Å²) in [6, 6.07) is 5.76. The molecule has 0 spiro atoms. The van der Waals surface area contributed by atoms with Crippen LogP contribution in [0.2, 0.25) is 0 Å². The lowest BCUT2D eigenvalue weighted by Crippen LogP contribution is -2.47. The predicted octanol–water partition coefficient (Wildman–Crippen LogP) is 0.557. The van der Waals surface area contributed by atoms with Gasteiger partial charge in [0, 0.05) is 26.3 Å². The molecule has 0 fully saturated rings. The van der Waals surface area contributed by atoms with Crippen molar-refractivity contribution in [1.82, 2.24) is 30.5 Å². The van der Waals surface area contributed by atoms with E-state index in [1.54, 1.807) is 7.05 Å². The number of carbonyl (C=O) groups is 1. The Hall–Kier alpha value is -2.64. The van der Waals surface area contributed by atoms with Crippen LogP contribution in [0.1, 0.15) is 26.6 Å². The zero-order valence-corrected chi connectivity index (χ0v) is 14.6. The third kappa shape index (κ3) is 4.21. The Morgan fingerprint density at radius 3 is 2.75 bits per heavy atom. The number of hydrogen-bond donors (Lipinski definition) is 3. The molecule has 130 valence electrons. The molecule has 8 nitrogen and oxygen atoms in total. The Kier molecular flexibility index (Phi) is 5.73. The largest absolute Gasteiger partial charge is 0.356 e. The van der Waals surface area contributed by atoms with Gasteiger partial charge in [-0.1, -0.05) is 6.07 Å². The Morgan fingerprint density at radius 1 is 1.25 bits per heavy atom. The second kappa shape index (κ2) is 7.76. The molecule has 0 aromatic carbocycles. The van der Waals surface area contributed by atoms with Crippen LogP contribution < -0.4 is 16.0 Å². The third-order valence-corrected chi connectivity index (χ3v) is 3.67. The van der Waals surface area contributed by atoms with Crippen molar-refractivity contribution in [2.24, 2.45) is 10.4 Å². The highest BCUT2D eigenvalue weighted by molar-refractivity contribution is 5.84. The number of hydrogen-bond acceptors (Lipinski definition) is 4. The highest BCUT2D eigenvalue weighted by Crippen LogP contribution is 2.13. The maximum absolute atomic E-state index is 12.0. The van der Waals surface area contributed by atoms with Gasteiger partial charge in [-0.2, -0.15) is 0 Å². The summed E-state index contributed by atoms with van der Waals surface area (Å²) >= 11 is 0. The van der Waals surface area contributed by atoms with E-state index in [0.29, 0.717) is 25.6 Å². The van der Waals surface area contributed by atoms with Gasteiger partial charge in [-0.05, 0) is 32.9 Å². The molecule has 0 bridgehead atoms. The maximum atomic E-state index is 12.0. The number of guanidine groups is 1. The second-order valence-electron chi connectivity index (χ2n) is 6.07. The summed E-state index contributed by atoms with van der Waals surface area (Å²) in [5, 5.41) is 17.5. The quantitative estimate of drug-likeness (QED) is 0.531. The van der Waals surface area contributed by atoms with E-state index in [4.69, 9.17) is 0 Å². The van der Waals surface area contributed by atoms with Crippen LogP contribution in [-0.4, -0.2) is 46.6 Å². The van der Waals surface area contributed by atoms with Crippen molar-refractivity contribution in [3.63, 3.8) is 0 Å². The zero-order valence-electron chi connectivity index (χ0n) is 14.6. The summed E-state index contributed by atoms with van der Waals surface area (Å²) in [5.41, 5.74) is 0.268. The number of nitrogens with zero attached hydrogens (tertiary/aromatic N) is 4. The average molecular weight is 331 g/mol. The van der Waals surface area contributed by atoms with E-state index in [0.717, 1.165) is 11.5 Å². The first-order valence-corrected chi connectivity index (χ1v) is 7.99. The first-order valence-electron chi connectivity index (χ1n) is 7.99. The van der Waals surface area contributed by atoms with Gasteiger partial charge in [0.05, 0.1) is 12.0 Å². The van der Waals surface area contributed by atoms with Gasteiger partial charge in [0.15, 0.2) is 17.4 Å². The first kappa shape index (κ1) is 17.7. The van der Waals surface area contributed by atoms with E-state index < -0.39 is 5.41 Å². The summed E-state index contributed by atoms with van der Waals surface area (Å²) in [4.78, 5) is 16.2. The molecule has 0 saturated heterocycles. The number of aromatic nitrogens is 3. The lowest BCUT2D eigenvalue weighted by Gasteiger charge is -2.24. The van der Waals surface area contributed by atoms with Crippen LogP contribution in [0.4, 0.5) is 0 Å². The SMILES string of the molecule is CCNC(=O)C(C)(C)CNC(=NC)NCc1nnc2ccccn12. The fourth-order valence-corrected chi connectivity index (χ4v) is 2.18. The van der Waals surface area contributed by atoms with E-state index in [-0.39, 0.29) is 5.91 Å². The van der Waals surface area contributed by atoms with Crippen molar-refractivity contribution >= 4 is 17.5 Å². The molecule has 0 aliphatic rings. The Morgan fingerprint density at radius 2 is 2.04 bits per heavy atom. The van der Waals surface area contributed by atoms with Crippen LogP contribution in [0.5, 0.6) is 0 Å². The molecule has 0 atom stereocenters. The van der Waals surface area contributed by atoms with Crippen LogP contribution in [0.3, 0.4) is 0 Å². The van der Waals surface area contributed by atoms with E-state index in [2.05, 4.69) is 31.1 Å². The van der Waals surface area contributed by atoms with Crippen molar-refractivity contribution in [2.75, 3.05) is 20.1 Å². The van der Waals surface area contributed by atoms with Crippen molar-refractivity contribution < 1.29 is 4.79 Å². The Balaban J connectivity index is 1.92. The highest BCUT2D eigenvalue weighted by atomic mass is 16.2. The van der Waals surface area contributed by atoms with E-state index in [9.17, 15) is 4.79 Å². The molecule has 24 heavy (non-hydrogen) atoms. The number of amides is 1. The summed E-state index contributed by atoms with van der Waals surface area (Å²) in [6.07, 6.45) is 1.92. The molecule has 1 amide bonds. The van der Waals surface area contributed by atoms with E-state index in [1.807, 2.05) is 49.6 Å². The minimum atomic E-state index is -0.533. The molecule has 0 aliphatic carbocycles.